The molecule has 1 saturated heterocycles. The third-order valence-corrected chi connectivity index (χ3v) is 6.60. The van der Waals surface area contributed by atoms with Gasteiger partial charge in [0.2, 0.25) is 18.1 Å². The van der Waals surface area contributed by atoms with Crippen LogP contribution in [0.3, 0.4) is 0 Å². The molecule has 6 rings (SSSR count). The lowest BCUT2D eigenvalue weighted by atomic mass is 9.91. The van der Waals surface area contributed by atoms with Crippen LogP contribution in [0.1, 0.15) is 19.0 Å². The van der Waals surface area contributed by atoms with Gasteiger partial charge in [0, 0.05) is 35.5 Å². The molecule has 10 nitrogen and oxygen atoms in total. The Kier molecular flexibility index (Phi) is 7.19. The Bertz CT molecular complexity index is 1640. The zero-order valence-corrected chi connectivity index (χ0v) is 22.0. The van der Waals surface area contributed by atoms with E-state index in [1.54, 1.807) is 55.8 Å². The number of halogens is 1. The molecule has 1 fully saturated rings. The fourth-order valence-electron chi connectivity index (χ4n) is 4.33. The summed E-state index contributed by atoms with van der Waals surface area (Å²) in [6, 6.07) is 20.8. The molecular weight excluding hydrogens is 525 g/mol. The number of carbonyl (C=O) groups is 1. The maximum absolute atomic E-state index is 13.7. The van der Waals surface area contributed by atoms with Gasteiger partial charge in [-0.15, -0.1) is 0 Å². The minimum Gasteiger partial charge on any atom is -0.345 e. The number of para-hydroxylation sites is 1. The van der Waals surface area contributed by atoms with E-state index in [1.165, 1.54) is 12.1 Å². The summed E-state index contributed by atoms with van der Waals surface area (Å²) in [4.78, 5) is 34.0. The molecule has 2 aromatic carbocycles. The number of anilines is 3. The Hall–Kier alpha value is -5.00. The molecule has 3 aromatic heterocycles. The molecule has 0 spiro atoms. The number of aromatic amines is 1. The number of carbonyl (C=O) groups excluding carboxylic acids is 1. The Morgan fingerprint density at radius 2 is 1.66 bits per heavy atom. The van der Waals surface area contributed by atoms with E-state index in [4.69, 9.17) is 14.5 Å². The van der Waals surface area contributed by atoms with E-state index in [0.29, 0.717) is 40.1 Å². The fraction of sp³-hybridized carbons (Fsp3) is 0.167. The highest BCUT2D eigenvalue weighted by Gasteiger charge is 2.41. The summed E-state index contributed by atoms with van der Waals surface area (Å²) in [6.45, 7) is 1.99. The number of ether oxygens (including phenoxy) is 2. The molecule has 0 radical (unpaired) electrons. The van der Waals surface area contributed by atoms with Crippen molar-refractivity contribution in [2.75, 3.05) is 23.8 Å². The maximum atomic E-state index is 13.7. The number of nitrogens with one attached hydrogen (secondary N) is 3. The Labute approximate surface area is 235 Å². The second-order valence-electron chi connectivity index (χ2n) is 9.81. The number of nitrogens with zero attached hydrogens (tertiary/aromatic N) is 4. The first-order chi connectivity index (χ1) is 20.0. The molecule has 1 amide bonds. The van der Waals surface area contributed by atoms with Gasteiger partial charge in [-0.3, -0.25) is 9.78 Å². The quantitative estimate of drug-likeness (QED) is 0.242. The van der Waals surface area contributed by atoms with Crippen LogP contribution in [0, 0.1) is 11.2 Å². The van der Waals surface area contributed by atoms with Crippen molar-refractivity contribution in [1.82, 2.24) is 24.9 Å². The number of H-pyrrole nitrogens is 1. The van der Waals surface area contributed by atoms with Crippen LogP contribution < -0.4 is 10.6 Å². The highest BCUT2D eigenvalue weighted by atomic mass is 19.1. The third kappa shape index (κ3) is 5.81. The van der Waals surface area contributed by atoms with Gasteiger partial charge in [-0.1, -0.05) is 18.2 Å². The van der Waals surface area contributed by atoms with Crippen molar-refractivity contribution in [3.63, 3.8) is 0 Å². The van der Waals surface area contributed by atoms with Crippen LogP contribution in [-0.2, 0) is 14.3 Å². The first-order valence-electron chi connectivity index (χ1n) is 12.9. The monoisotopic (exact) mass is 551 g/mol. The third-order valence-electron chi connectivity index (χ3n) is 6.60. The Balaban J connectivity index is 1.26. The number of imidazole rings is 1. The molecule has 1 aliphatic heterocycles. The first kappa shape index (κ1) is 26.2. The predicted octanol–water partition coefficient (Wildman–Crippen LogP) is 5.50. The molecule has 0 bridgehead atoms. The van der Waals surface area contributed by atoms with Crippen molar-refractivity contribution in [3.05, 3.63) is 103 Å². The van der Waals surface area contributed by atoms with Gasteiger partial charge in [-0.2, -0.15) is 0 Å². The van der Waals surface area contributed by atoms with Gasteiger partial charge < -0.3 is 25.1 Å². The number of aromatic nitrogens is 5. The molecule has 5 aromatic rings. The van der Waals surface area contributed by atoms with E-state index in [9.17, 15) is 9.18 Å². The molecule has 1 aliphatic rings. The Morgan fingerprint density at radius 3 is 2.39 bits per heavy atom. The summed E-state index contributed by atoms with van der Waals surface area (Å²) in [5.41, 5.74) is 2.93. The zero-order chi connectivity index (χ0) is 28.2. The fourth-order valence-corrected chi connectivity index (χ4v) is 4.33. The van der Waals surface area contributed by atoms with Crippen LogP contribution in [0.2, 0.25) is 0 Å². The SMILES string of the molecule is CC1(C(=O)Nc2ccncc2)COC(c2nc(-c3ccc(F)cc3)c(-c3ccnc(Nc4ccccc4)n3)[nH]2)OC1. The highest BCUT2D eigenvalue weighted by Crippen LogP contribution is 2.36. The van der Waals surface area contributed by atoms with E-state index in [1.807, 2.05) is 30.3 Å². The highest BCUT2D eigenvalue weighted by molar-refractivity contribution is 5.95. The summed E-state index contributed by atoms with van der Waals surface area (Å²) < 4.78 is 25.7. The van der Waals surface area contributed by atoms with E-state index in [-0.39, 0.29) is 24.9 Å². The van der Waals surface area contributed by atoms with Crippen molar-refractivity contribution in [3.8, 4) is 22.6 Å². The molecule has 11 heteroatoms. The van der Waals surface area contributed by atoms with Gasteiger partial charge in [0.25, 0.3) is 0 Å². The van der Waals surface area contributed by atoms with Crippen molar-refractivity contribution in [2.45, 2.75) is 13.2 Å². The molecule has 206 valence electrons. The molecule has 3 N–H and O–H groups in total. The molecule has 0 atom stereocenters. The van der Waals surface area contributed by atoms with Crippen molar-refractivity contribution < 1.29 is 18.7 Å². The average Bonchev–Trinajstić information content (AvgIpc) is 3.45. The topological polar surface area (TPSA) is 127 Å². The molecule has 0 unspecified atom stereocenters. The minimum atomic E-state index is -0.917. The van der Waals surface area contributed by atoms with Gasteiger partial charge in [-0.25, -0.2) is 19.3 Å². The smallest absolute Gasteiger partial charge is 0.235 e. The summed E-state index contributed by atoms with van der Waals surface area (Å²) >= 11 is 0. The van der Waals surface area contributed by atoms with Crippen molar-refractivity contribution in [1.29, 1.82) is 0 Å². The van der Waals surface area contributed by atoms with Crippen LogP contribution in [0.25, 0.3) is 22.6 Å². The summed E-state index contributed by atoms with van der Waals surface area (Å²) in [5, 5.41) is 6.07. The average molecular weight is 552 g/mol. The summed E-state index contributed by atoms with van der Waals surface area (Å²) in [5.74, 6) is 0.211. The lowest BCUT2D eigenvalue weighted by Crippen LogP contribution is -2.45. The largest absolute Gasteiger partial charge is 0.345 e. The number of hydrogen-bond acceptors (Lipinski definition) is 8. The van der Waals surface area contributed by atoms with Crippen molar-refractivity contribution >= 4 is 23.2 Å². The number of hydrogen-bond donors (Lipinski definition) is 3. The summed E-state index contributed by atoms with van der Waals surface area (Å²) in [7, 11) is 0. The van der Waals surface area contributed by atoms with Gasteiger partial charge >= 0.3 is 0 Å². The second kappa shape index (κ2) is 11.2. The van der Waals surface area contributed by atoms with Gasteiger partial charge in [0.15, 0.2) is 5.82 Å². The van der Waals surface area contributed by atoms with E-state index < -0.39 is 11.7 Å². The summed E-state index contributed by atoms with van der Waals surface area (Å²) in [6.07, 6.45) is 4.00. The van der Waals surface area contributed by atoms with E-state index in [2.05, 4.69) is 30.6 Å². The molecule has 0 saturated carbocycles. The van der Waals surface area contributed by atoms with Crippen LogP contribution in [0.4, 0.5) is 21.7 Å². The number of pyridine rings is 1. The number of benzene rings is 2. The van der Waals surface area contributed by atoms with Crippen LogP contribution >= 0.6 is 0 Å². The van der Waals surface area contributed by atoms with Gasteiger partial charge in [0.05, 0.1) is 35.7 Å². The molecule has 0 aliphatic carbocycles. The molecule has 4 heterocycles. The zero-order valence-electron chi connectivity index (χ0n) is 22.0. The number of rotatable bonds is 7. The maximum Gasteiger partial charge on any atom is 0.235 e. The van der Waals surface area contributed by atoms with Gasteiger partial charge in [0.1, 0.15) is 5.82 Å². The van der Waals surface area contributed by atoms with Crippen molar-refractivity contribution in [2.24, 2.45) is 5.41 Å². The standard InChI is InChI=1S/C30H26FN7O3/c1-30(28(39)34-22-11-14-32-15-12-22)17-40-27(41-18-30)26-37-24(19-7-9-20(31)10-8-19)25(38-26)23-13-16-33-29(36-23)35-21-5-3-2-4-6-21/h2-16,27H,17-18H2,1H3,(H,37,38)(H,32,34,39)(H,33,35,36). The van der Waals surface area contributed by atoms with Crippen LogP contribution in [0.15, 0.2) is 91.4 Å². The first-order valence-corrected chi connectivity index (χ1v) is 12.9. The molecule has 41 heavy (non-hydrogen) atoms. The predicted molar refractivity (Wildman–Crippen MR) is 150 cm³/mol. The van der Waals surface area contributed by atoms with Crippen LogP contribution in [0.5, 0.6) is 0 Å². The van der Waals surface area contributed by atoms with E-state index >= 15 is 0 Å². The van der Waals surface area contributed by atoms with E-state index in [0.717, 1.165) is 5.69 Å². The van der Waals surface area contributed by atoms with Gasteiger partial charge in [-0.05, 0) is 61.5 Å². The number of amides is 1. The lowest BCUT2D eigenvalue weighted by Gasteiger charge is -2.35. The lowest BCUT2D eigenvalue weighted by molar-refractivity contribution is -0.229. The minimum absolute atomic E-state index is 0.106. The second-order valence-corrected chi connectivity index (χ2v) is 9.81. The van der Waals surface area contributed by atoms with Crippen LogP contribution in [-0.4, -0.2) is 44.0 Å². The molecular formula is C30H26FN7O3. The Morgan fingerprint density at radius 1 is 0.927 bits per heavy atom. The normalized spacial score (nSPS) is 18.5.